The fourth-order valence-corrected chi connectivity index (χ4v) is 11.6. The number of esters is 1. The van der Waals surface area contributed by atoms with Gasteiger partial charge in [-0.2, -0.15) is 0 Å². The number of hydrogen-bond donors (Lipinski definition) is 1. The average Bonchev–Trinajstić information content (AvgIpc) is 4.41. The van der Waals surface area contributed by atoms with E-state index in [0.717, 1.165) is 44.2 Å². The fourth-order valence-electron chi connectivity index (χ4n) is 11.6. The van der Waals surface area contributed by atoms with Gasteiger partial charge in [-0.3, -0.25) is 19.2 Å². The molecule has 10 rings (SSSR count). The SMILES string of the molecule is CCN1C(=O)CC(C)(C)c2cc(C)c(-c3cc(C4C[C@@H]4C(=O)O)ccc3OC(F)(F)F)cc21.CCN1C(=O)CC(C)(C)c2cc(C)c(-c3cc([C@H]4C[C@@H]4C(=O)O[C@H](C)c4cccc5ccccc45)ccc3OC(F)(F)F)cc21.[CH3-].[HH].[Pd]. The van der Waals surface area contributed by atoms with E-state index in [-0.39, 0.29) is 81.5 Å². The maximum atomic E-state index is 13.5. The van der Waals surface area contributed by atoms with Crippen molar-refractivity contribution in [1.29, 1.82) is 0 Å². The minimum Gasteiger partial charge on any atom is -0.481 e. The van der Waals surface area contributed by atoms with Crippen LogP contribution in [0.1, 0.15) is 132 Å². The van der Waals surface area contributed by atoms with Crippen LogP contribution in [-0.2, 0) is 55.2 Å². The Labute approximate surface area is 477 Å². The Morgan fingerprint density at radius 2 is 1.09 bits per heavy atom. The van der Waals surface area contributed by atoms with Gasteiger partial charge in [0.15, 0.2) is 0 Å². The topological polar surface area (TPSA) is 123 Å². The standard InChI is InChI=1S/C37H36F3NO4.C25H26F3NO4.CH3.Pd.H2/c1-6-41-32-19-27(21(2)16-31(32)36(4,5)20-34(41)42)29-17-24(14-15-33(29)45-37(38,39)40)28-18-30(28)35(43)44-22(3)25-13-9-11-23-10-7-8-12-26(23)25;1-5-29-20-11-15(13(2)8-19(20)24(3,4)12-22(29)30)17-9-14(16-10-18(16)23(31)32)6-7-21(17)33-25(26,27)28;;;/h7-17,19,22,28,30H,6,18,20H2,1-5H3;6-9,11,16,18H,5,10,12H2,1-4H3,(H,31,32);1H3;;1H/q;;-1;;/t22-,28-,30+;16?,18-;;;/m10.../s1. The average molecular weight is 1200 g/mol. The number of carboxylic acid groups (broad SMARTS) is 1. The number of carboxylic acids is 1. The Morgan fingerprint density at radius 3 is 1.52 bits per heavy atom. The maximum absolute atomic E-state index is 13.5. The summed E-state index contributed by atoms with van der Waals surface area (Å²) in [5.74, 6) is -3.37. The van der Waals surface area contributed by atoms with Gasteiger partial charge in [-0.05, 0) is 157 Å². The Balaban J connectivity index is 0.000000263. The van der Waals surface area contributed by atoms with Crippen LogP contribution in [0.4, 0.5) is 37.7 Å². The summed E-state index contributed by atoms with van der Waals surface area (Å²) in [5, 5.41) is 11.4. The summed E-state index contributed by atoms with van der Waals surface area (Å²) in [5.41, 5.74) is 7.88. The molecule has 4 aliphatic rings. The van der Waals surface area contributed by atoms with E-state index in [1.54, 1.807) is 40.1 Å². The number of ether oxygens (including phenoxy) is 3. The van der Waals surface area contributed by atoms with Crippen molar-refractivity contribution in [2.45, 2.75) is 129 Å². The zero-order valence-electron chi connectivity index (χ0n) is 46.2. The zero-order valence-corrected chi connectivity index (χ0v) is 47.8. The number of aryl methyl sites for hydroxylation is 2. The van der Waals surface area contributed by atoms with E-state index in [2.05, 4.69) is 9.47 Å². The molecule has 1 unspecified atom stereocenters. The minimum absolute atomic E-state index is 0. The first-order valence-electron chi connectivity index (χ1n) is 26.2. The van der Waals surface area contributed by atoms with Gasteiger partial charge in [0, 0.05) is 81.1 Å². The number of halogens is 6. The summed E-state index contributed by atoms with van der Waals surface area (Å²) in [4.78, 5) is 53.6. The van der Waals surface area contributed by atoms with Crippen molar-refractivity contribution in [2.24, 2.45) is 11.8 Å². The number of hydrogen-bond acceptors (Lipinski definition) is 7. The first kappa shape index (κ1) is 60.9. The van der Waals surface area contributed by atoms with Crippen molar-refractivity contribution in [3.8, 4) is 33.8 Å². The number of nitrogens with zero attached hydrogens (tertiary/aromatic N) is 2. The quantitative estimate of drug-likeness (QED) is 0.0556. The molecule has 5 atom stereocenters. The third-order valence-corrected chi connectivity index (χ3v) is 15.8. The molecular weight excluding hydrogens is 1130 g/mol. The molecule has 2 aliphatic carbocycles. The second-order valence-corrected chi connectivity index (χ2v) is 22.3. The Bertz CT molecular complexity index is 3390. The van der Waals surface area contributed by atoms with Gasteiger partial charge >= 0.3 is 24.7 Å². The molecule has 0 radical (unpaired) electrons. The molecule has 2 aliphatic heterocycles. The van der Waals surface area contributed by atoms with E-state index in [4.69, 9.17) is 4.74 Å². The fraction of sp³-hybridized carbons (Fsp3) is 0.381. The van der Waals surface area contributed by atoms with Crippen molar-refractivity contribution >= 4 is 45.9 Å². The third kappa shape index (κ3) is 12.4. The largest absolute Gasteiger partial charge is 0.573 e. The second kappa shape index (κ2) is 22.7. The number of amides is 2. The molecular formula is C63H67F6N2O8Pd-. The molecule has 0 saturated heterocycles. The number of benzene rings is 6. The number of fused-ring (bicyclic) bond motifs is 3. The molecule has 2 heterocycles. The zero-order chi connectivity index (χ0) is 56.6. The monoisotopic (exact) mass is 1200 g/mol. The molecule has 0 aromatic heterocycles. The van der Waals surface area contributed by atoms with Gasteiger partial charge < -0.3 is 36.5 Å². The summed E-state index contributed by atoms with van der Waals surface area (Å²) in [7, 11) is 0. The van der Waals surface area contributed by atoms with Crippen LogP contribution in [0.3, 0.4) is 0 Å². The molecule has 80 heavy (non-hydrogen) atoms. The number of alkyl halides is 6. The van der Waals surface area contributed by atoms with Gasteiger partial charge in [-0.25, -0.2) is 0 Å². The molecule has 1 N–H and O–H groups in total. The molecule has 17 heteroatoms. The number of aliphatic carboxylic acids is 1. The van der Waals surface area contributed by atoms with E-state index >= 15 is 0 Å². The van der Waals surface area contributed by atoms with Crippen LogP contribution in [0.2, 0.25) is 0 Å². The summed E-state index contributed by atoms with van der Waals surface area (Å²) >= 11 is 0. The van der Waals surface area contributed by atoms with Crippen molar-refractivity contribution < 1.29 is 86.7 Å². The second-order valence-electron chi connectivity index (χ2n) is 22.3. The van der Waals surface area contributed by atoms with Crippen molar-refractivity contribution in [1.82, 2.24) is 0 Å². The molecule has 2 amide bonds. The predicted octanol–water partition coefficient (Wildman–Crippen LogP) is 15.6. The molecule has 430 valence electrons. The van der Waals surface area contributed by atoms with E-state index < -0.39 is 47.5 Å². The number of rotatable bonds is 12. The summed E-state index contributed by atoms with van der Waals surface area (Å²) < 4.78 is 94.9. The van der Waals surface area contributed by atoms with Gasteiger partial charge in [0.25, 0.3) is 0 Å². The summed E-state index contributed by atoms with van der Waals surface area (Å²) in [6.07, 6.45) is -8.55. The van der Waals surface area contributed by atoms with Gasteiger partial charge in [0.2, 0.25) is 11.8 Å². The Hall–Kier alpha value is -6.70. The first-order valence-corrected chi connectivity index (χ1v) is 26.2. The van der Waals surface area contributed by atoms with Gasteiger partial charge in [0.05, 0.1) is 11.8 Å². The van der Waals surface area contributed by atoms with E-state index in [1.807, 2.05) is 117 Å². The molecule has 2 saturated carbocycles. The van der Waals surface area contributed by atoms with Crippen molar-refractivity contribution in [3.05, 3.63) is 149 Å². The minimum atomic E-state index is -4.89. The maximum Gasteiger partial charge on any atom is 0.573 e. The van der Waals surface area contributed by atoms with Crippen molar-refractivity contribution in [3.63, 3.8) is 0 Å². The normalized spacial score (nSPS) is 19.9. The van der Waals surface area contributed by atoms with Crippen LogP contribution >= 0.6 is 0 Å². The molecule has 0 bridgehead atoms. The molecule has 10 nitrogen and oxygen atoms in total. The van der Waals surface area contributed by atoms with Crippen LogP contribution in [0.25, 0.3) is 33.0 Å². The number of carbonyl (C=O) groups is 4. The van der Waals surface area contributed by atoms with Crippen LogP contribution in [0.15, 0.2) is 103 Å². The van der Waals surface area contributed by atoms with Crippen LogP contribution in [0, 0.1) is 33.1 Å². The van der Waals surface area contributed by atoms with Crippen LogP contribution < -0.4 is 19.3 Å². The Kier molecular flexibility index (Phi) is 17.3. The van der Waals surface area contributed by atoms with Gasteiger partial charge in [-0.1, -0.05) is 94.4 Å². The van der Waals surface area contributed by atoms with Crippen LogP contribution in [0.5, 0.6) is 11.5 Å². The summed E-state index contributed by atoms with van der Waals surface area (Å²) in [6, 6.07) is 30.2. The smallest absolute Gasteiger partial charge is 0.481 e. The first-order chi connectivity index (χ1) is 36.6. The molecule has 6 aromatic rings. The number of anilines is 2. The molecule has 6 aromatic carbocycles. The Morgan fingerprint density at radius 1 is 0.650 bits per heavy atom. The summed E-state index contributed by atoms with van der Waals surface area (Å²) in [6.45, 7) is 18.1. The number of carbonyl (C=O) groups excluding carboxylic acids is 3. The van der Waals surface area contributed by atoms with E-state index in [9.17, 15) is 50.6 Å². The van der Waals surface area contributed by atoms with Gasteiger partial charge in [0.1, 0.15) is 17.6 Å². The molecule has 2 fully saturated rings. The van der Waals surface area contributed by atoms with Gasteiger partial charge in [-0.15, -0.1) is 26.3 Å². The third-order valence-electron chi connectivity index (χ3n) is 15.8. The van der Waals surface area contributed by atoms with E-state index in [1.165, 1.54) is 18.2 Å². The van der Waals surface area contributed by atoms with Crippen molar-refractivity contribution in [2.75, 3.05) is 22.9 Å². The molecule has 0 spiro atoms. The van der Waals surface area contributed by atoms with E-state index in [0.29, 0.717) is 66.8 Å². The predicted molar refractivity (Wildman–Crippen MR) is 294 cm³/mol. The van der Waals surface area contributed by atoms with Crippen LogP contribution in [-0.4, -0.2) is 54.7 Å².